The fourth-order valence-corrected chi connectivity index (χ4v) is 2.14. The maximum absolute atomic E-state index is 12.9. The summed E-state index contributed by atoms with van der Waals surface area (Å²) in [4.78, 5) is 11.8. The van der Waals surface area contributed by atoms with Crippen LogP contribution >= 0.6 is 12.4 Å². The van der Waals surface area contributed by atoms with Gasteiger partial charge in [-0.2, -0.15) is 0 Å². The Hall–Kier alpha value is -2.15. The van der Waals surface area contributed by atoms with Crippen molar-refractivity contribution in [2.24, 2.45) is 5.73 Å². The third kappa shape index (κ3) is 6.34. The number of nitrogens with one attached hydrogen (secondary N) is 1. The molecule has 0 aromatic heterocycles. The number of aryl methyl sites for hydroxylation is 1. The smallest absolute Gasteiger partial charge is 0.239 e. The Morgan fingerprint density at radius 1 is 1.24 bits per heavy atom. The maximum atomic E-state index is 12.9. The van der Waals surface area contributed by atoms with E-state index in [0.29, 0.717) is 18.0 Å². The van der Waals surface area contributed by atoms with E-state index < -0.39 is 6.04 Å². The molecule has 0 radical (unpaired) electrons. The average molecular weight is 369 g/mol. The number of hydrogen-bond acceptors (Lipinski definition) is 4. The minimum absolute atomic E-state index is 0. The standard InChI is InChI=1S/C18H21FN2O3.ClH/c1-12-9-13(10-21-18(22)16(20)11-23-2)3-8-17(12)24-15-6-4-14(19)5-7-15;/h3-9,16H,10-11,20H2,1-2H3,(H,21,22);1H. The summed E-state index contributed by atoms with van der Waals surface area (Å²) >= 11 is 0. The molecule has 0 saturated carbocycles. The van der Waals surface area contributed by atoms with Crippen LogP contribution < -0.4 is 15.8 Å². The van der Waals surface area contributed by atoms with Crippen molar-refractivity contribution in [3.63, 3.8) is 0 Å². The minimum atomic E-state index is -0.683. The normalized spacial score (nSPS) is 11.4. The first-order valence-corrected chi connectivity index (χ1v) is 7.55. The van der Waals surface area contributed by atoms with Crippen LogP contribution in [0, 0.1) is 12.7 Å². The molecule has 0 saturated heterocycles. The van der Waals surface area contributed by atoms with Crippen LogP contribution in [0.3, 0.4) is 0 Å². The van der Waals surface area contributed by atoms with E-state index >= 15 is 0 Å². The van der Waals surface area contributed by atoms with Crippen LogP contribution in [-0.2, 0) is 16.1 Å². The van der Waals surface area contributed by atoms with Crippen LogP contribution in [0.1, 0.15) is 11.1 Å². The second-order valence-electron chi connectivity index (χ2n) is 5.44. The van der Waals surface area contributed by atoms with Gasteiger partial charge in [-0.1, -0.05) is 12.1 Å². The summed E-state index contributed by atoms with van der Waals surface area (Å²) in [5, 5.41) is 2.76. The molecule has 3 N–H and O–H groups in total. The van der Waals surface area contributed by atoms with Gasteiger partial charge in [0.15, 0.2) is 0 Å². The van der Waals surface area contributed by atoms with Crippen LogP contribution in [0.2, 0.25) is 0 Å². The molecule has 0 heterocycles. The molecule has 0 fully saturated rings. The lowest BCUT2D eigenvalue weighted by molar-refractivity contribution is -0.123. The van der Waals surface area contributed by atoms with E-state index in [1.807, 2.05) is 25.1 Å². The van der Waals surface area contributed by atoms with Crippen molar-refractivity contribution in [3.05, 3.63) is 59.4 Å². The Morgan fingerprint density at radius 2 is 1.92 bits per heavy atom. The van der Waals surface area contributed by atoms with Crippen LogP contribution in [0.15, 0.2) is 42.5 Å². The van der Waals surface area contributed by atoms with E-state index in [2.05, 4.69) is 5.32 Å². The second-order valence-corrected chi connectivity index (χ2v) is 5.44. The largest absolute Gasteiger partial charge is 0.457 e. The summed E-state index contributed by atoms with van der Waals surface area (Å²) in [6.07, 6.45) is 0. The highest BCUT2D eigenvalue weighted by Gasteiger charge is 2.12. The van der Waals surface area contributed by atoms with Crippen molar-refractivity contribution in [1.82, 2.24) is 5.32 Å². The van der Waals surface area contributed by atoms with Gasteiger partial charge in [0.05, 0.1) is 6.61 Å². The van der Waals surface area contributed by atoms with Crippen molar-refractivity contribution in [3.8, 4) is 11.5 Å². The Labute approximate surface area is 152 Å². The quantitative estimate of drug-likeness (QED) is 0.788. The first-order chi connectivity index (χ1) is 11.5. The van der Waals surface area contributed by atoms with E-state index in [4.69, 9.17) is 15.2 Å². The van der Waals surface area contributed by atoms with Crippen molar-refractivity contribution in [2.75, 3.05) is 13.7 Å². The number of carbonyl (C=O) groups excluding carboxylic acids is 1. The number of nitrogens with two attached hydrogens (primary N) is 1. The van der Waals surface area contributed by atoms with Gasteiger partial charge in [-0.15, -0.1) is 12.4 Å². The first-order valence-electron chi connectivity index (χ1n) is 7.55. The zero-order chi connectivity index (χ0) is 17.5. The number of benzene rings is 2. The zero-order valence-electron chi connectivity index (χ0n) is 14.1. The van der Waals surface area contributed by atoms with Gasteiger partial charge >= 0.3 is 0 Å². The second kappa shape index (κ2) is 9.98. The molecule has 136 valence electrons. The van der Waals surface area contributed by atoms with Crippen LogP contribution in [0.5, 0.6) is 11.5 Å². The lowest BCUT2D eigenvalue weighted by atomic mass is 10.1. The molecule has 0 bridgehead atoms. The van der Waals surface area contributed by atoms with Gasteiger partial charge in [0, 0.05) is 13.7 Å². The number of rotatable bonds is 7. The lowest BCUT2D eigenvalue weighted by Gasteiger charge is -2.13. The molecule has 2 aromatic carbocycles. The number of halogens is 2. The van der Waals surface area contributed by atoms with E-state index in [9.17, 15) is 9.18 Å². The van der Waals surface area contributed by atoms with Gasteiger partial charge in [0.1, 0.15) is 23.4 Å². The highest BCUT2D eigenvalue weighted by atomic mass is 35.5. The third-order valence-electron chi connectivity index (χ3n) is 3.43. The topological polar surface area (TPSA) is 73.6 Å². The molecular formula is C18H22ClFN2O3. The van der Waals surface area contributed by atoms with Gasteiger partial charge in [-0.3, -0.25) is 4.79 Å². The van der Waals surface area contributed by atoms with E-state index in [0.717, 1.165) is 11.1 Å². The van der Waals surface area contributed by atoms with E-state index in [1.165, 1.54) is 19.2 Å². The predicted octanol–water partition coefficient (Wildman–Crippen LogP) is 2.94. The monoisotopic (exact) mass is 368 g/mol. The van der Waals surface area contributed by atoms with E-state index in [1.54, 1.807) is 12.1 Å². The Bertz CT molecular complexity index is 695. The summed E-state index contributed by atoms with van der Waals surface area (Å²) in [5.41, 5.74) is 7.50. The first kappa shape index (κ1) is 20.9. The summed E-state index contributed by atoms with van der Waals surface area (Å²) in [5.74, 6) is 0.664. The molecule has 0 aliphatic carbocycles. The zero-order valence-corrected chi connectivity index (χ0v) is 14.9. The van der Waals surface area contributed by atoms with Gasteiger partial charge < -0.3 is 20.5 Å². The Balaban J connectivity index is 0.00000312. The average Bonchev–Trinajstić information content (AvgIpc) is 2.57. The van der Waals surface area contributed by atoms with Crippen LogP contribution in [0.25, 0.3) is 0 Å². The van der Waals surface area contributed by atoms with Crippen molar-refractivity contribution >= 4 is 18.3 Å². The SMILES string of the molecule is COCC(N)C(=O)NCc1ccc(Oc2ccc(F)cc2)c(C)c1.Cl. The highest BCUT2D eigenvalue weighted by Crippen LogP contribution is 2.25. The molecule has 2 rings (SSSR count). The molecule has 2 aromatic rings. The maximum Gasteiger partial charge on any atom is 0.239 e. The Kier molecular flexibility index (Phi) is 8.34. The van der Waals surface area contributed by atoms with Crippen molar-refractivity contribution in [2.45, 2.75) is 19.5 Å². The number of methoxy groups -OCH3 is 1. The fourth-order valence-electron chi connectivity index (χ4n) is 2.14. The summed E-state index contributed by atoms with van der Waals surface area (Å²) in [6, 6.07) is 10.7. The molecule has 0 spiro atoms. The van der Waals surface area contributed by atoms with Gasteiger partial charge in [-0.25, -0.2) is 4.39 Å². The number of ether oxygens (including phenoxy) is 2. The van der Waals surface area contributed by atoms with Crippen molar-refractivity contribution in [1.29, 1.82) is 0 Å². The van der Waals surface area contributed by atoms with Crippen LogP contribution in [-0.4, -0.2) is 25.7 Å². The van der Waals surface area contributed by atoms with Gasteiger partial charge in [-0.05, 0) is 48.4 Å². The van der Waals surface area contributed by atoms with Gasteiger partial charge in [0.2, 0.25) is 5.91 Å². The predicted molar refractivity (Wildman–Crippen MR) is 96.6 cm³/mol. The van der Waals surface area contributed by atoms with Gasteiger partial charge in [0.25, 0.3) is 0 Å². The number of carbonyl (C=O) groups is 1. The minimum Gasteiger partial charge on any atom is -0.457 e. The van der Waals surface area contributed by atoms with E-state index in [-0.39, 0.29) is 30.7 Å². The van der Waals surface area contributed by atoms with Crippen LogP contribution in [0.4, 0.5) is 4.39 Å². The molecule has 0 aliphatic heterocycles. The molecule has 25 heavy (non-hydrogen) atoms. The fraction of sp³-hybridized carbons (Fsp3) is 0.278. The Morgan fingerprint density at radius 3 is 2.52 bits per heavy atom. The molecule has 1 amide bonds. The molecule has 7 heteroatoms. The number of amides is 1. The molecule has 5 nitrogen and oxygen atoms in total. The third-order valence-corrected chi connectivity index (χ3v) is 3.43. The lowest BCUT2D eigenvalue weighted by Crippen LogP contribution is -2.43. The molecule has 1 unspecified atom stereocenters. The molecular weight excluding hydrogens is 347 g/mol. The molecule has 1 atom stereocenters. The summed E-state index contributed by atoms with van der Waals surface area (Å²) < 4.78 is 23.5. The molecule has 0 aliphatic rings. The summed E-state index contributed by atoms with van der Waals surface area (Å²) in [7, 11) is 1.50. The van der Waals surface area contributed by atoms with Crippen molar-refractivity contribution < 1.29 is 18.7 Å². The number of hydrogen-bond donors (Lipinski definition) is 2. The summed E-state index contributed by atoms with van der Waals surface area (Å²) in [6.45, 7) is 2.45. The highest BCUT2D eigenvalue weighted by molar-refractivity contribution is 5.85.